The first-order valence-electron chi connectivity index (χ1n) is 13.6. The van der Waals surface area contributed by atoms with Gasteiger partial charge in [0.1, 0.15) is 35.5 Å². The highest BCUT2D eigenvalue weighted by Crippen LogP contribution is 2.47. The lowest BCUT2D eigenvalue weighted by molar-refractivity contribution is -0.179. The second-order valence-electron chi connectivity index (χ2n) is 10.9. The van der Waals surface area contributed by atoms with Crippen LogP contribution in [0.3, 0.4) is 0 Å². The van der Waals surface area contributed by atoms with Crippen molar-refractivity contribution in [3.63, 3.8) is 0 Å². The minimum absolute atomic E-state index is 0.0196. The Kier molecular flexibility index (Phi) is 10.1. The first kappa shape index (κ1) is 31.5. The summed E-state index contributed by atoms with van der Waals surface area (Å²) in [5.74, 6) is -4.41. The minimum atomic E-state index is -1.62. The van der Waals surface area contributed by atoms with Gasteiger partial charge in [0, 0.05) is 5.56 Å². The van der Waals surface area contributed by atoms with Gasteiger partial charge in [-0.3, -0.25) is 0 Å². The van der Waals surface area contributed by atoms with E-state index in [1.165, 1.54) is 18.0 Å². The zero-order chi connectivity index (χ0) is 29.9. The monoisotopic (exact) mass is 595 g/mol. The van der Waals surface area contributed by atoms with Crippen LogP contribution in [0.5, 0.6) is 0 Å². The molecule has 1 unspecified atom stereocenters. The van der Waals surface area contributed by atoms with Crippen molar-refractivity contribution in [1.82, 2.24) is 15.0 Å². The molecule has 1 aliphatic heterocycles. The normalized spacial score (nSPS) is 24.0. The summed E-state index contributed by atoms with van der Waals surface area (Å²) < 4.78 is 48.2. The Balaban J connectivity index is 1.65. The molecule has 8 nitrogen and oxygen atoms in total. The fraction of sp³-hybridized carbons (Fsp3) is 0.517. The van der Waals surface area contributed by atoms with E-state index < -0.39 is 64.7 Å². The molecule has 1 aromatic heterocycles. The molecule has 1 saturated heterocycles. The number of ether oxygens (including phenoxy) is 1. The minimum Gasteiger partial charge on any atom is -0.394 e. The number of rotatable bonds is 11. The molecule has 41 heavy (non-hydrogen) atoms. The van der Waals surface area contributed by atoms with Gasteiger partial charge in [0.15, 0.2) is 17.5 Å². The van der Waals surface area contributed by atoms with Crippen LogP contribution in [0.4, 0.5) is 13.2 Å². The molecular formula is C29H36F3N3O5S. The van der Waals surface area contributed by atoms with E-state index in [4.69, 9.17) is 4.74 Å². The highest BCUT2D eigenvalue weighted by Gasteiger charge is 2.48. The highest BCUT2D eigenvalue weighted by molar-refractivity contribution is 8.00. The van der Waals surface area contributed by atoms with E-state index >= 15 is 0 Å². The Hall–Kier alpha value is -2.48. The van der Waals surface area contributed by atoms with Crippen molar-refractivity contribution in [3.05, 3.63) is 71.2 Å². The molecule has 2 aromatic carbocycles. The third kappa shape index (κ3) is 6.95. The SMILES string of the molecule is CCCCCc1ccccc1C(S[C@@H]1O[C@H](CO)[C@H](O)[C@H](n2cc(-c3cc(F)c(F)c(F)c3)nn2)[C@H]1O)C(C)(C)O. The number of nitrogens with zero attached hydrogens (tertiary/aromatic N) is 3. The lowest BCUT2D eigenvalue weighted by atomic mass is 9.92. The van der Waals surface area contributed by atoms with Crippen molar-refractivity contribution in [3.8, 4) is 11.3 Å². The van der Waals surface area contributed by atoms with Crippen LogP contribution >= 0.6 is 11.8 Å². The van der Waals surface area contributed by atoms with Crippen molar-refractivity contribution < 1.29 is 38.3 Å². The molecule has 1 aliphatic rings. The Labute approximate surface area is 241 Å². The second-order valence-corrected chi connectivity index (χ2v) is 12.1. The number of aliphatic hydroxyl groups excluding tert-OH is 3. The molecule has 3 aromatic rings. The van der Waals surface area contributed by atoms with Crippen LogP contribution in [0.15, 0.2) is 42.6 Å². The second kappa shape index (κ2) is 13.2. The van der Waals surface area contributed by atoms with Crippen molar-refractivity contribution >= 4 is 11.8 Å². The summed E-state index contributed by atoms with van der Waals surface area (Å²) in [7, 11) is 0. The molecular weight excluding hydrogens is 559 g/mol. The fourth-order valence-electron chi connectivity index (χ4n) is 5.09. The quantitative estimate of drug-likeness (QED) is 0.191. The summed E-state index contributed by atoms with van der Waals surface area (Å²) >= 11 is 1.17. The Bertz CT molecular complexity index is 1300. The molecule has 0 aliphatic carbocycles. The van der Waals surface area contributed by atoms with Gasteiger partial charge in [-0.1, -0.05) is 49.2 Å². The van der Waals surface area contributed by atoms with Gasteiger partial charge in [0.2, 0.25) is 0 Å². The van der Waals surface area contributed by atoms with Gasteiger partial charge < -0.3 is 25.2 Å². The molecule has 12 heteroatoms. The van der Waals surface area contributed by atoms with E-state index in [0.29, 0.717) is 0 Å². The number of aromatic nitrogens is 3. The molecule has 0 amide bonds. The number of aliphatic hydroxyl groups is 4. The fourth-order valence-corrected chi connectivity index (χ4v) is 6.60. The van der Waals surface area contributed by atoms with Gasteiger partial charge in [0.05, 0.1) is 23.7 Å². The summed E-state index contributed by atoms with van der Waals surface area (Å²) in [6, 6.07) is 8.15. The third-order valence-corrected chi connectivity index (χ3v) is 9.00. The molecule has 1 fully saturated rings. The maximum atomic E-state index is 13.8. The maximum Gasteiger partial charge on any atom is 0.194 e. The lowest BCUT2D eigenvalue weighted by Gasteiger charge is -2.44. The number of hydrogen-bond donors (Lipinski definition) is 4. The third-order valence-electron chi connectivity index (χ3n) is 7.24. The van der Waals surface area contributed by atoms with Crippen LogP contribution in [-0.2, 0) is 11.2 Å². The van der Waals surface area contributed by atoms with Crippen LogP contribution < -0.4 is 0 Å². The standard InChI is InChI=1S/C29H36F3N3O5S/c1-4-5-6-9-16-10-7-8-11-18(16)27(29(2,3)39)41-28-26(38)24(25(37)22(15-36)40-28)35-14-21(33-34-35)17-12-19(30)23(32)20(31)13-17/h7-8,10-14,22,24-28,36-39H,4-6,9,15H2,1-3H3/t22-,24+,25+,26-,27?,28+/m1/s1. The van der Waals surface area contributed by atoms with Crippen molar-refractivity contribution in [2.45, 2.75) is 87.1 Å². The number of hydrogen-bond acceptors (Lipinski definition) is 8. The maximum absolute atomic E-state index is 13.8. The molecule has 4 rings (SSSR count). The Morgan fingerprint density at radius 2 is 1.76 bits per heavy atom. The average Bonchev–Trinajstić information content (AvgIpc) is 3.41. The zero-order valence-corrected chi connectivity index (χ0v) is 23.9. The number of thioether (sulfide) groups is 1. The Morgan fingerprint density at radius 3 is 2.39 bits per heavy atom. The van der Waals surface area contributed by atoms with Crippen LogP contribution in [0.25, 0.3) is 11.3 Å². The van der Waals surface area contributed by atoms with Crippen LogP contribution in [0, 0.1) is 17.5 Å². The molecule has 0 radical (unpaired) electrons. The van der Waals surface area contributed by atoms with Crippen molar-refractivity contribution in [2.24, 2.45) is 0 Å². The molecule has 4 N–H and O–H groups in total. The van der Waals surface area contributed by atoms with E-state index in [1.54, 1.807) is 13.8 Å². The first-order valence-corrected chi connectivity index (χ1v) is 14.5. The van der Waals surface area contributed by atoms with E-state index in [1.807, 2.05) is 24.3 Å². The van der Waals surface area contributed by atoms with E-state index in [2.05, 4.69) is 17.2 Å². The van der Waals surface area contributed by atoms with Crippen molar-refractivity contribution in [1.29, 1.82) is 0 Å². The highest BCUT2D eigenvalue weighted by atomic mass is 32.2. The summed E-state index contributed by atoms with van der Waals surface area (Å²) in [5, 5.41) is 51.0. The zero-order valence-electron chi connectivity index (χ0n) is 23.1. The lowest BCUT2D eigenvalue weighted by Crippen LogP contribution is -2.55. The smallest absolute Gasteiger partial charge is 0.194 e. The molecule has 224 valence electrons. The molecule has 0 saturated carbocycles. The van der Waals surface area contributed by atoms with Crippen molar-refractivity contribution in [2.75, 3.05) is 6.61 Å². The first-order chi connectivity index (χ1) is 19.5. The van der Waals surface area contributed by atoms with Crippen LogP contribution in [-0.4, -0.2) is 71.4 Å². The van der Waals surface area contributed by atoms with Gasteiger partial charge in [-0.05, 0) is 49.9 Å². The van der Waals surface area contributed by atoms with E-state index in [0.717, 1.165) is 53.6 Å². The summed E-state index contributed by atoms with van der Waals surface area (Å²) in [4.78, 5) is 0. The van der Waals surface area contributed by atoms with Gasteiger partial charge in [-0.15, -0.1) is 16.9 Å². The molecule has 6 atom stereocenters. The van der Waals surface area contributed by atoms with Gasteiger partial charge >= 0.3 is 0 Å². The number of aryl methyl sites for hydroxylation is 1. The summed E-state index contributed by atoms with van der Waals surface area (Å²) in [5.41, 5.74) is -0.409. The predicted octanol–water partition coefficient (Wildman–Crippen LogP) is 4.32. The predicted molar refractivity (Wildman–Crippen MR) is 148 cm³/mol. The molecule has 0 bridgehead atoms. The van der Waals surface area contributed by atoms with Gasteiger partial charge in [-0.25, -0.2) is 17.9 Å². The number of halogens is 3. The number of benzene rings is 2. The molecule has 2 heterocycles. The Morgan fingerprint density at radius 1 is 1.07 bits per heavy atom. The topological polar surface area (TPSA) is 121 Å². The summed E-state index contributed by atoms with van der Waals surface area (Å²) in [6.45, 7) is 4.89. The summed E-state index contributed by atoms with van der Waals surface area (Å²) in [6.07, 6.45) is 1.26. The average molecular weight is 596 g/mol. The van der Waals surface area contributed by atoms with E-state index in [9.17, 15) is 33.6 Å². The van der Waals surface area contributed by atoms with Crippen LogP contribution in [0.1, 0.15) is 62.5 Å². The van der Waals surface area contributed by atoms with E-state index in [-0.39, 0.29) is 11.3 Å². The number of unbranched alkanes of at least 4 members (excludes halogenated alkanes) is 2. The van der Waals surface area contributed by atoms with Gasteiger partial charge in [-0.2, -0.15) is 0 Å². The van der Waals surface area contributed by atoms with Crippen LogP contribution in [0.2, 0.25) is 0 Å². The largest absolute Gasteiger partial charge is 0.394 e. The molecule has 0 spiro atoms. The van der Waals surface area contributed by atoms with Gasteiger partial charge in [0.25, 0.3) is 0 Å².